The molecule has 7 nitrogen and oxygen atoms in total. The molecular weight excluding hydrogens is 434 g/mol. The number of hydrogen-bond donors (Lipinski definition) is 2. The first-order valence-electron chi connectivity index (χ1n) is 10.2. The highest BCUT2D eigenvalue weighted by Crippen LogP contribution is 2.27. The third kappa shape index (κ3) is 5.11. The zero-order valence-electron chi connectivity index (χ0n) is 18.0. The largest absolute Gasteiger partial charge is 0.484 e. The average Bonchev–Trinajstić information content (AvgIpc) is 2.76. The van der Waals surface area contributed by atoms with Crippen molar-refractivity contribution in [1.29, 1.82) is 0 Å². The molecule has 3 rings (SSSR count). The lowest BCUT2D eigenvalue weighted by atomic mass is 9.99. The van der Waals surface area contributed by atoms with Crippen LogP contribution in [0.2, 0.25) is 5.02 Å². The molecule has 168 valence electrons. The highest BCUT2D eigenvalue weighted by molar-refractivity contribution is 6.30. The van der Waals surface area contributed by atoms with Crippen molar-refractivity contribution in [2.75, 3.05) is 6.61 Å². The molecule has 3 aromatic rings. The normalized spacial score (nSPS) is 12.9. The standard InChI is InChI=1S/C24H24ClNO6/c1-4-13(2)22(24(29)30)26-20(27)12-31-17-9-10-18-19(11-17)32-14(3)21(23(18)28)15-5-7-16(25)8-6-15/h5-11,13,22H,4,12H2,1-3H3,(H,26,27)(H,29,30). The number of carbonyl (C=O) groups excluding carboxylic acids is 1. The van der Waals surface area contributed by atoms with Gasteiger partial charge in [0.1, 0.15) is 23.1 Å². The molecule has 0 radical (unpaired) electrons. The summed E-state index contributed by atoms with van der Waals surface area (Å²) in [5, 5.41) is 12.7. The Morgan fingerprint density at radius 3 is 2.50 bits per heavy atom. The zero-order valence-corrected chi connectivity index (χ0v) is 18.7. The van der Waals surface area contributed by atoms with E-state index in [0.717, 1.165) is 0 Å². The maximum Gasteiger partial charge on any atom is 0.326 e. The van der Waals surface area contributed by atoms with Crippen molar-refractivity contribution in [3.63, 3.8) is 0 Å². The van der Waals surface area contributed by atoms with Gasteiger partial charge in [-0.1, -0.05) is 44.0 Å². The molecule has 0 aliphatic carbocycles. The summed E-state index contributed by atoms with van der Waals surface area (Å²) in [5.74, 6) is -1.09. The Balaban J connectivity index is 1.79. The summed E-state index contributed by atoms with van der Waals surface area (Å²) in [6.07, 6.45) is 0.610. The minimum Gasteiger partial charge on any atom is -0.484 e. The number of benzene rings is 2. The minimum atomic E-state index is -1.09. The highest BCUT2D eigenvalue weighted by Gasteiger charge is 2.25. The van der Waals surface area contributed by atoms with Crippen molar-refractivity contribution in [3.8, 4) is 16.9 Å². The molecule has 0 aliphatic heterocycles. The molecule has 8 heteroatoms. The molecule has 32 heavy (non-hydrogen) atoms. The smallest absolute Gasteiger partial charge is 0.326 e. The van der Waals surface area contributed by atoms with E-state index in [1.165, 1.54) is 6.07 Å². The number of halogens is 1. The Kier molecular flexibility index (Phi) is 7.20. The number of aliphatic carboxylic acids is 1. The van der Waals surface area contributed by atoms with Crippen molar-refractivity contribution in [2.45, 2.75) is 33.2 Å². The van der Waals surface area contributed by atoms with E-state index in [0.29, 0.717) is 45.0 Å². The summed E-state index contributed by atoms with van der Waals surface area (Å²) < 4.78 is 11.4. The van der Waals surface area contributed by atoms with Gasteiger partial charge in [0.15, 0.2) is 6.61 Å². The number of aryl methyl sites for hydroxylation is 1. The van der Waals surface area contributed by atoms with Gasteiger partial charge in [-0.2, -0.15) is 0 Å². The molecule has 0 saturated carbocycles. The van der Waals surface area contributed by atoms with Crippen LogP contribution in [0.1, 0.15) is 26.0 Å². The van der Waals surface area contributed by atoms with Crippen LogP contribution in [0.3, 0.4) is 0 Å². The Morgan fingerprint density at radius 2 is 1.88 bits per heavy atom. The molecule has 0 fully saturated rings. The maximum atomic E-state index is 13.0. The van der Waals surface area contributed by atoms with Crippen LogP contribution < -0.4 is 15.5 Å². The summed E-state index contributed by atoms with van der Waals surface area (Å²) in [4.78, 5) is 36.6. The van der Waals surface area contributed by atoms with Crippen molar-refractivity contribution >= 4 is 34.4 Å². The fraction of sp³-hybridized carbons (Fsp3) is 0.292. The van der Waals surface area contributed by atoms with E-state index in [2.05, 4.69) is 5.32 Å². The van der Waals surface area contributed by atoms with Crippen LogP contribution in [0, 0.1) is 12.8 Å². The minimum absolute atomic E-state index is 0.187. The number of rotatable bonds is 8. The summed E-state index contributed by atoms with van der Waals surface area (Å²) in [6, 6.07) is 10.6. The number of hydrogen-bond acceptors (Lipinski definition) is 5. The topological polar surface area (TPSA) is 106 Å². The summed E-state index contributed by atoms with van der Waals surface area (Å²) >= 11 is 5.94. The summed E-state index contributed by atoms with van der Waals surface area (Å²) in [7, 11) is 0. The van der Waals surface area contributed by atoms with Crippen LogP contribution in [0.5, 0.6) is 5.75 Å². The van der Waals surface area contributed by atoms with E-state index in [4.69, 9.17) is 20.8 Å². The van der Waals surface area contributed by atoms with Gasteiger partial charge < -0.3 is 19.6 Å². The average molecular weight is 458 g/mol. The van der Waals surface area contributed by atoms with E-state index in [1.54, 1.807) is 50.2 Å². The van der Waals surface area contributed by atoms with E-state index in [1.807, 2.05) is 6.92 Å². The van der Waals surface area contributed by atoms with Gasteiger partial charge in [0.05, 0.1) is 10.9 Å². The van der Waals surface area contributed by atoms with Crippen molar-refractivity contribution in [1.82, 2.24) is 5.32 Å². The molecular formula is C24H24ClNO6. The zero-order chi connectivity index (χ0) is 23.4. The number of carbonyl (C=O) groups is 2. The van der Waals surface area contributed by atoms with Crippen LogP contribution >= 0.6 is 11.6 Å². The fourth-order valence-electron chi connectivity index (χ4n) is 3.37. The van der Waals surface area contributed by atoms with Gasteiger partial charge in [-0.05, 0) is 42.7 Å². The molecule has 0 saturated heterocycles. The molecule has 2 N–H and O–H groups in total. The van der Waals surface area contributed by atoms with Crippen molar-refractivity contribution < 1.29 is 23.8 Å². The summed E-state index contributed by atoms with van der Waals surface area (Å²) in [5.41, 5.74) is 1.29. The fourth-order valence-corrected chi connectivity index (χ4v) is 3.50. The van der Waals surface area contributed by atoms with Crippen LogP contribution in [-0.4, -0.2) is 29.6 Å². The van der Waals surface area contributed by atoms with Gasteiger partial charge in [-0.15, -0.1) is 0 Å². The molecule has 2 atom stereocenters. The predicted octanol–water partition coefficient (Wildman–Crippen LogP) is 4.42. The predicted molar refractivity (Wildman–Crippen MR) is 122 cm³/mol. The second kappa shape index (κ2) is 9.87. The van der Waals surface area contributed by atoms with Gasteiger partial charge in [0.2, 0.25) is 5.43 Å². The number of carboxylic acid groups (broad SMARTS) is 1. The van der Waals surface area contributed by atoms with Gasteiger partial charge in [-0.25, -0.2) is 4.79 Å². The van der Waals surface area contributed by atoms with Crippen LogP contribution in [0.15, 0.2) is 51.7 Å². The van der Waals surface area contributed by atoms with Crippen molar-refractivity contribution in [3.05, 3.63) is 63.5 Å². The Bertz CT molecular complexity index is 1200. The van der Waals surface area contributed by atoms with Crippen LogP contribution in [0.4, 0.5) is 0 Å². The SMILES string of the molecule is CCC(C)C(NC(=O)COc1ccc2c(=O)c(-c3ccc(Cl)cc3)c(C)oc2c1)C(=O)O. The maximum absolute atomic E-state index is 13.0. The monoisotopic (exact) mass is 457 g/mol. The Morgan fingerprint density at radius 1 is 1.19 bits per heavy atom. The number of nitrogens with one attached hydrogen (secondary N) is 1. The first-order valence-corrected chi connectivity index (χ1v) is 10.6. The van der Waals surface area contributed by atoms with Crippen molar-refractivity contribution in [2.24, 2.45) is 5.92 Å². The van der Waals surface area contributed by atoms with E-state index in [-0.39, 0.29) is 18.0 Å². The molecule has 2 unspecified atom stereocenters. The molecule has 0 spiro atoms. The van der Waals surface area contributed by atoms with Crippen LogP contribution in [0.25, 0.3) is 22.1 Å². The van der Waals surface area contributed by atoms with Gasteiger partial charge in [0.25, 0.3) is 5.91 Å². The molecule has 0 bridgehead atoms. The van der Waals surface area contributed by atoms with E-state index in [9.17, 15) is 19.5 Å². The number of carboxylic acids is 1. The number of ether oxygens (including phenoxy) is 1. The second-order valence-electron chi connectivity index (χ2n) is 7.58. The lowest BCUT2D eigenvalue weighted by molar-refractivity contribution is -0.143. The first kappa shape index (κ1) is 23.3. The van der Waals surface area contributed by atoms with Gasteiger partial charge in [-0.3, -0.25) is 9.59 Å². The number of amides is 1. The first-order chi connectivity index (χ1) is 15.2. The summed E-state index contributed by atoms with van der Waals surface area (Å²) in [6.45, 7) is 4.95. The molecule has 1 heterocycles. The third-order valence-corrected chi connectivity index (χ3v) is 5.59. The van der Waals surface area contributed by atoms with E-state index >= 15 is 0 Å². The van der Waals surface area contributed by atoms with Crippen LogP contribution in [-0.2, 0) is 9.59 Å². The van der Waals surface area contributed by atoms with Gasteiger partial charge in [0, 0.05) is 11.1 Å². The molecule has 1 aromatic heterocycles. The highest BCUT2D eigenvalue weighted by atomic mass is 35.5. The molecule has 1 amide bonds. The second-order valence-corrected chi connectivity index (χ2v) is 8.02. The molecule has 2 aromatic carbocycles. The lowest BCUT2D eigenvalue weighted by Crippen LogP contribution is -2.46. The quantitative estimate of drug-likeness (QED) is 0.518. The number of fused-ring (bicyclic) bond motifs is 1. The third-order valence-electron chi connectivity index (χ3n) is 5.34. The lowest BCUT2D eigenvalue weighted by Gasteiger charge is -2.20. The Labute approximate surface area is 190 Å². The Hall–Kier alpha value is -3.32. The molecule has 0 aliphatic rings. The van der Waals surface area contributed by atoms with Gasteiger partial charge >= 0.3 is 5.97 Å². The van der Waals surface area contributed by atoms with E-state index < -0.39 is 17.9 Å².